The molecule has 3 atom stereocenters. The predicted octanol–water partition coefficient (Wildman–Crippen LogP) is 2.46. The van der Waals surface area contributed by atoms with Crippen LogP contribution >= 0.6 is 11.6 Å². The van der Waals surface area contributed by atoms with Crippen LogP contribution in [0.2, 0.25) is 0 Å². The minimum absolute atomic E-state index is 0.147. The van der Waals surface area contributed by atoms with Crippen LogP contribution in [0.1, 0.15) is 26.7 Å². The Morgan fingerprint density at radius 3 is 2.50 bits per heavy atom. The van der Waals surface area contributed by atoms with Gasteiger partial charge < -0.3 is 14.2 Å². The average Bonchev–Trinajstić information content (AvgIpc) is 2.31. The lowest BCUT2D eigenvalue weighted by Gasteiger charge is -2.50. The second-order valence-corrected chi connectivity index (χ2v) is 5.05. The van der Waals surface area contributed by atoms with Crippen molar-refractivity contribution in [3.63, 3.8) is 0 Å². The smallest absolute Gasteiger partial charge is 0.0704 e. The Hall–Kier alpha value is 0.170. The lowest BCUT2D eigenvalue weighted by atomic mass is 9.65. The van der Waals surface area contributed by atoms with Crippen LogP contribution in [0.25, 0.3) is 0 Å². The zero-order chi connectivity index (χ0) is 12.0. The molecule has 0 aliphatic heterocycles. The highest BCUT2D eigenvalue weighted by atomic mass is 35.5. The fraction of sp³-hybridized carbons (Fsp3) is 1.00. The third kappa shape index (κ3) is 3.33. The fourth-order valence-corrected chi connectivity index (χ4v) is 2.43. The van der Waals surface area contributed by atoms with Crippen molar-refractivity contribution >= 4 is 11.6 Å². The maximum absolute atomic E-state index is 6.20. The van der Waals surface area contributed by atoms with E-state index in [4.69, 9.17) is 25.8 Å². The van der Waals surface area contributed by atoms with Crippen molar-refractivity contribution in [3.8, 4) is 0 Å². The molecule has 0 bridgehead atoms. The van der Waals surface area contributed by atoms with Crippen LogP contribution in [0.5, 0.6) is 0 Å². The van der Waals surface area contributed by atoms with E-state index in [0.29, 0.717) is 32.5 Å². The summed E-state index contributed by atoms with van der Waals surface area (Å²) < 4.78 is 16.0. The maximum Gasteiger partial charge on any atom is 0.0704 e. The topological polar surface area (TPSA) is 27.7 Å². The van der Waals surface area contributed by atoms with E-state index in [0.717, 1.165) is 12.8 Å². The quantitative estimate of drug-likeness (QED) is 0.489. The molecule has 1 aliphatic carbocycles. The molecular formula is C12H23ClO3. The molecule has 0 spiro atoms. The Bertz CT molecular complexity index is 201. The minimum Gasteiger partial charge on any atom is -0.382 e. The van der Waals surface area contributed by atoms with Crippen molar-refractivity contribution in [3.05, 3.63) is 0 Å². The zero-order valence-corrected chi connectivity index (χ0v) is 11.3. The molecule has 0 radical (unpaired) electrons. The van der Waals surface area contributed by atoms with Crippen LogP contribution in [-0.2, 0) is 14.2 Å². The zero-order valence-electron chi connectivity index (χ0n) is 10.5. The molecule has 0 heterocycles. The predicted molar refractivity (Wildman–Crippen MR) is 65.1 cm³/mol. The first-order chi connectivity index (χ1) is 7.65. The highest BCUT2D eigenvalue weighted by molar-refractivity contribution is 6.21. The van der Waals surface area contributed by atoms with Gasteiger partial charge in [-0.2, -0.15) is 0 Å². The Morgan fingerprint density at radius 1 is 1.25 bits per heavy atom. The first-order valence-electron chi connectivity index (χ1n) is 5.97. The van der Waals surface area contributed by atoms with Crippen molar-refractivity contribution in [1.82, 2.24) is 0 Å². The molecule has 0 aromatic carbocycles. The second kappa shape index (κ2) is 6.80. The lowest BCUT2D eigenvalue weighted by Crippen LogP contribution is -2.53. The molecule has 1 fully saturated rings. The van der Waals surface area contributed by atoms with Gasteiger partial charge in [0.25, 0.3) is 0 Å². The fourth-order valence-electron chi connectivity index (χ4n) is 1.97. The van der Waals surface area contributed by atoms with Gasteiger partial charge in [0.1, 0.15) is 0 Å². The van der Waals surface area contributed by atoms with Gasteiger partial charge in [-0.1, -0.05) is 13.8 Å². The normalized spacial score (nSPS) is 33.8. The van der Waals surface area contributed by atoms with Crippen LogP contribution < -0.4 is 0 Å². The van der Waals surface area contributed by atoms with Crippen molar-refractivity contribution < 1.29 is 14.2 Å². The largest absolute Gasteiger partial charge is 0.382 e. The van der Waals surface area contributed by atoms with Gasteiger partial charge in [0.2, 0.25) is 0 Å². The van der Waals surface area contributed by atoms with E-state index in [-0.39, 0.29) is 10.8 Å². The van der Waals surface area contributed by atoms with Gasteiger partial charge in [-0.15, -0.1) is 11.6 Å². The molecule has 96 valence electrons. The van der Waals surface area contributed by atoms with Gasteiger partial charge >= 0.3 is 0 Å². The van der Waals surface area contributed by atoms with Crippen molar-refractivity contribution in [2.45, 2.75) is 38.2 Å². The number of hydrogen-bond donors (Lipinski definition) is 0. The molecule has 0 saturated heterocycles. The second-order valence-electron chi connectivity index (χ2n) is 4.53. The Labute approximate surface area is 103 Å². The molecule has 1 aliphatic rings. The minimum atomic E-state index is 0.147. The van der Waals surface area contributed by atoms with E-state index in [2.05, 4.69) is 13.8 Å². The number of alkyl halides is 1. The number of ether oxygens (including phenoxy) is 3. The van der Waals surface area contributed by atoms with Gasteiger partial charge in [-0.05, 0) is 12.8 Å². The van der Waals surface area contributed by atoms with Crippen LogP contribution in [0.3, 0.4) is 0 Å². The summed E-state index contributed by atoms with van der Waals surface area (Å²) in [6, 6.07) is 0. The van der Waals surface area contributed by atoms with E-state index in [1.54, 1.807) is 7.11 Å². The molecule has 4 heteroatoms. The summed E-state index contributed by atoms with van der Waals surface area (Å²) in [6.45, 7) is 6.92. The molecule has 0 aromatic rings. The highest BCUT2D eigenvalue weighted by Crippen LogP contribution is 2.48. The molecule has 3 nitrogen and oxygen atoms in total. The number of rotatable bonds is 8. The Kier molecular flexibility index (Phi) is 6.05. The van der Waals surface area contributed by atoms with Crippen molar-refractivity contribution in [2.24, 2.45) is 5.41 Å². The third-order valence-electron chi connectivity index (χ3n) is 3.61. The summed E-state index contributed by atoms with van der Waals surface area (Å²) in [5.74, 6) is 0. The van der Waals surface area contributed by atoms with Crippen LogP contribution in [-0.4, -0.2) is 45.0 Å². The molecule has 1 saturated carbocycles. The first-order valence-corrected chi connectivity index (χ1v) is 6.41. The van der Waals surface area contributed by atoms with Crippen LogP contribution in [0.4, 0.5) is 0 Å². The molecule has 1 rings (SSSR count). The first kappa shape index (κ1) is 14.2. The summed E-state index contributed by atoms with van der Waals surface area (Å²) in [5.41, 5.74) is 0.147. The van der Waals surface area contributed by atoms with E-state index in [9.17, 15) is 0 Å². The summed E-state index contributed by atoms with van der Waals surface area (Å²) in [5, 5.41) is 0.261. The molecule has 16 heavy (non-hydrogen) atoms. The van der Waals surface area contributed by atoms with Gasteiger partial charge in [0, 0.05) is 17.9 Å². The number of hydrogen-bond acceptors (Lipinski definition) is 3. The standard InChI is InChI=1S/C12H23ClO3/c1-4-12(2)10(13)9-11(12)16-8-7-15-6-5-14-3/h10-11H,4-9H2,1-3H3. The monoisotopic (exact) mass is 250 g/mol. The molecule has 0 amide bonds. The van der Waals surface area contributed by atoms with Crippen LogP contribution in [0, 0.1) is 5.41 Å². The average molecular weight is 251 g/mol. The molecule has 0 N–H and O–H groups in total. The molecule has 0 aromatic heterocycles. The van der Waals surface area contributed by atoms with E-state index in [1.807, 2.05) is 0 Å². The molecule has 3 unspecified atom stereocenters. The van der Waals surface area contributed by atoms with Crippen molar-refractivity contribution in [1.29, 1.82) is 0 Å². The van der Waals surface area contributed by atoms with Crippen LogP contribution in [0.15, 0.2) is 0 Å². The Balaban J connectivity index is 2.06. The maximum atomic E-state index is 6.20. The summed E-state index contributed by atoms with van der Waals surface area (Å²) in [6.07, 6.45) is 2.33. The van der Waals surface area contributed by atoms with Crippen molar-refractivity contribution in [2.75, 3.05) is 33.5 Å². The number of methoxy groups -OCH3 is 1. The Morgan fingerprint density at radius 2 is 1.94 bits per heavy atom. The summed E-state index contributed by atoms with van der Waals surface area (Å²) >= 11 is 6.20. The van der Waals surface area contributed by atoms with E-state index >= 15 is 0 Å². The SMILES string of the molecule is CCC1(C)C(Cl)CC1OCCOCCOC. The summed E-state index contributed by atoms with van der Waals surface area (Å²) in [4.78, 5) is 0. The number of halogens is 1. The molecular weight excluding hydrogens is 228 g/mol. The lowest BCUT2D eigenvalue weighted by molar-refractivity contribution is -0.112. The van der Waals surface area contributed by atoms with Gasteiger partial charge in [0.15, 0.2) is 0 Å². The van der Waals surface area contributed by atoms with E-state index < -0.39 is 0 Å². The highest BCUT2D eigenvalue weighted by Gasteiger charge is 2.50. The van der Waals surface area contributed by atoms with Gasteiger partial charge in [0.05, 0.1) is 32.5 Å². The third-order valence-corrected chi connectivity index (χ3v) is 4.29. The van der Waals surface area contributed by atoms with E-state index in [1.165, 1.54) is 0 Å². The van der Waals surface area contributed by atoms with Gasteiger partial charge in [-0.3, -0.25) is 0 Å². The van der Waals surface area contributed by atoms with Gasteiger partial charge in [-0.25, -0.2) is 0 Å². The summed E-state index contributed by atoms with van der Waals surface area (Å²) in [7, 11) is 1.67.